The van der Waals surface area contributed by atoms with Crippen LogP contribution in [-0.2, 0) is 13.1 Å². The Hall–Kier alpha value is -3.03. The predicted molar refractivity (Wildman–Crippen MR) is 94.5 cm³/mol. The van der Waals surface area contributed by atoms with Crippen LogP contribution in [-0.4, -0.2) is 53.6 Å². The number of benzene rings is 1. The van der Waals surface area contributed by atoms with Crippen LogP contribution in [0.15, 0.2) is 24.4 Å². The molecule has 1 aromatic heterocycles. The summed E-state index contributed by atoms with van der Waals surface area (Å²) in [6.07, 6.45) is 1.63. The first-order chi connectivity index (χ1) is 12.6. The van der Waals surface area contributed by atoms with Crippen LogP contribution in [0, 0.1) is 0 Å². The Morgan fingerprint density at radius 1 is 1.27 bits per heavy atom. The number of ether oxygens (including phenoxy) is 2. The van der Waals surface area contributed by atoms with E-state index in [2.05, 4.69) is 10.3 Å². The lowest BCUT2D eigenvalue weighted by molar-refractivity contribution is 0.0707. The van der Waals surface area contributed by atoms with Gasteiger partial charge in [-0.1, -0.05) is 0 Å². The second-order valence-corrected chi connectivity index (χ2v) is 5.89. The maximum Gasteiger partial charge on any atom is 0.289 e. The van der Waals surface area contributed by atoms with Crippen molar-refractivity contribution in [2.24, 2.45) is 0 Å². The zero-order chi connectivity index (χ0) is 18.7. The van der Waals surface area contributed by atoms with E-state index in [1.807, 2.05) is 13.0 Å². The van der Waals surface area contributed by atoms with Crippen molar-refractivity contribution in [2.45, 2.75) is 20.0 Å². The smallest absolute Gasteiger partial charge is 0.289 e. The molecule has 2 heterocycles. The summed E-state index contributed by atoms with van der Waals surface area (Å²) in [5, 5.41) is 2.82. The second kappa shape index (κ2) is 7.47. The van der Waals surface area contributed by atoms with Crippen LogP contribution in [0.1, 0.15) is 33.6 Å². The Kier molecular flexibility index (Phi) is 5.11. The molecular formula is C18H22N4O4. The van der Waals surface area contributed by atoms with Crippen LogP contribution in [0.4, 0.5) is 0 Å². The highest BCUT2D eigenvalue weighted by atomic mass is 16.5. The molecule has 0 atom stereocenters. The molecule has 1 N–H and O–H groups in total. The summed E-state index contributed by atoms with van der Waals surface area (Å²) < 4.78 is 12.2. The zero-order valence-corrected chi connectivity index (χ0v) is 15.1. The number of rotatable bonds is 6. The molecule has 26 heavy (non-hydrogen) atoms. The van der Waals surface area contributed by atoms with Crippen molar-refractivity contribution in [1.82, 2.24) is 19.8 Å². The third kappa shape index (κ3) is 3.35. The van der Waals surface area contributed by atoms with Crippen molar-refractivity contribution in [3.05, 3.63) is 41.5 Å². The number of fused-ring (bicyclic) bond motifs is 1. The maximum atomic E-state index is 12.4. The van der Waals surface area contributed by atoms with Gasteiger partial charge in [-0.15, -0.1) is 0 Å². The Bertz CT molecular complexity index is 831. The summed E-state index contributed by atoms with van der Waals surface area (Å²) in [7, 11) is 3.15. The molecule has 2 amide bonds. The molecule has 1 aromatic carbocycles. The maximum absolute atomic E-state index is 12.4. The van der Waals surface area contributed by atoms with Gasteiger partial charge in [-0.2, -0.15) is 0 Å². The van der Waals surface area contributed by atoms with E-state index in [4.69, 9.17) is 9.47 Å². The van der Waals surface area contributed by atoms with Gasteiger partial charge in [0, 0.05) is 44.0 Å². The molecule has 8 nitrogen and oxygen atoms in total. The SMILES string of the molecule is CCN1CCn2cc(C(=O)NCc3ccc(OC)cc3OC)nc2C1=O. The van der Waals surface area contributed by atoms with E-state index < -0.39 is 0 Å². The Labute approximate surface area is 151 Å². The summed E-state index contributed by atoms with van der Waals surface area (Å²) in [5.74, 6) is 1.14. The summed E-state index contributed by atoms with van der Waals surface area (Å²) in [6.45, 7) is 4.10. The number of amides is 2. The number of nitrogens with one attached hydrogen (secondary N) is 1. The number of carbonyl (C=O) groups is 2. The largest absolute Gasteiger partial charge is 0.497 e. The molecule has 0 bridgehead atoms. The van der Waals surface area contributed by atoms with Crippen molar-refractivity contribution in [3.63, 3.8) is 0 Å². The van der Waals surface area contributed by atoms with E-state index in [9.17, 15) is 9.59 Å². The summed E-state index contributed by atoms with van der Waals surface area (Å²) >= 11 is 0. The quantitative estimate of drug-likeness (QED) is 0.841. The van der Waals surface area contributed by atoms with Gasteiger partial charge in [0.15, 0.2) is 5.82 Å². The van der Waals surface area contributed by atoms with Crippen molar-refractivity contribution in [2.75, 3.05) is 27.3 Å². The normalized spacial score (nSPS) is 13.3. The monoisotopic (exact) mass is 358 g/mol. The molecular weight excluding hydrogens is 336 g/mol. The van der Waals surface area contributed by atoms with Crippen molar-refractivity contribution in [3.8, 4) is 11.5 Å². The van der Waals surface area contributed by atoms with E-state index in [1.165, 1.54) is 0 Å². The minimum Gasteiger partial charge on any atom is -0.497 e. The number of aromatic nitrogens is 2. The zero-order valence-electron chi connectivity index (χ0n) is 15.1. The number of hydrogen-bond donors (Lipinski definition) is 1. The lowest BCUT2D eigenvalue weighted by Crippen LogP contribution is -2.40. The topological polar surface area (TPSA) is 85.7 Å². The Balaban J connectivity index is 1.71. The van der Waals surface area contributed by atoms with Crippen LogP contribution >= 0.6 is 0 Å². The highest BCUT2D eigenvalue weighted by molar-refractivity contribution is 5.96. The molecule has 0 radical (unpaired) electrons. The first-order valence-corrected chi connectivity index (χ1v) is 8.43. The average Bonchev–Trinajstić information content (AvgIpc) is 3.11. The highest BCUT2D eigenvalue weighted by Gasteiger charge is 2.27. The third-order valence-corrected chi connectivity index (χ3v) is 4.41. The first kappa shape index (κ1) is 17.8. The van der Waals surface area contributed by atoms with E-state index in [-0.39, 0.29) is 24.1 Å². The lowest BCUT2D eigenvalue weighted by atomic mass is 10.2. The Morgan fingerprint density at radius 3 is 2.77 bits per heavy atom. The van der Waals surface area contributed by atoms with Crippen LogP contribution in [0.25, 0.3) is 0 Å². The van der Waals surface area contributed by atoms with Gasteiger partial charge < -0.3 is 24.3 Å². The fourth-order valence-corrected chi connectivity index (χ4v) is 2.90. The molecule has 0 spiro atoms. The highest BCUT2D eigenvalue weighted by Crippen LogP contribution is 2.24. The van der Waals surface area contributed by atoms with E-state index in [0.717, 1.165) is 5.56 Å². The Morgan fingerprint density at radius 2 is 2.08 bits per heavy atom. The number of nitrogens with zero attached hydrogens (tertiary/aromatic N) is 3. The van der Waals surface area contributed by atoms with Gasteiger partial charge in [0.1, 0.15) is 17.2 Å². The standard InChI is InChI=1S/C18H22N4O4/c1-4-21-7-8-22-11-14(20-16(22)18(21)24)17(23)19-10-12-5-6-13(25-2)9-15(12)26-3/h5-6,9,11H,4,7-8,10H2,1-3H3,(H,19,23). The molecule has 0 unspecified atom stereocenters. The number of methoxy groups -OCH3 is 2. The van der Waals surface area contributed by atoms with Crippen LogP contribution in [0.5, 0.6) is 11.5 Å². The summed E-state index contributed by atoms with van der Waals surface area (Å²) in [5.41, 5.74) is 1.05. The van der Waals surface area contributed by atoms with Crippen LogP contribution in [0.2, 0.25) is 0 Å². The first-order valence-electron chi connectivity index (χ1n) is 8.43. The van der Waals surface area contributed by atoms with Gasteiger partial charge >= 0.3 is 0 Å². The molecule has 0 saturated heterocycles. The van der Waals surface area contributed by atoms with Crippen LogP contribution in [0.3, 0.4) is 0 Å². The van der Waals surface area contributed by atoms with Gasteiger partial charge in [0.2, 0.25) is 0 Å². The van der Waals surface area contributed by atoms with Gasteiger partial charge in [-0.05, 0) is 19.1 Å². The van der Waals surface area contributed by atoms with E-state index >= 15 is 0 Å². The fraction of sp³-hybridized carbons (Fsp3) is 0.389. The minimum atomic E-state index is -0.333. The van der Waals surface area contributed by atoms with Gasteiger partial charge in [-0.25, -0.2) is 4.98 Å². The van der Waals surface area contributed by atoms with Crippen LogP contribution < -0.4 is 14.8 Å². The van der Waals surface area contributed by atoms with Crippen molar-refractivity contribution < 1.29 is 19.1 Å². The second-order valence-electron chi connectivity index (χ2n) is 5.89. The average molecular weight is 358 g/mol. The molecule has 1 aliphatic rings. The van der Waals surface area contributed by atoms with Gasteiger partial charge in [0.05, 0.1) is 14.2 Å². The third-order valence-electron chi connectivity index (χ3n) is 4.41. The molecule has 0 fully saturated rings. The molecule has 138 valence electrons. The van der Waals surface area contributed by atoms with E-state index in [0.29, 0.717) is 37.0 Å². The summed E-state index contributed by atoms with van der Waals surface area (Å²) in [6, 6.07) is 5.39. The van der Waals surface area contributed by atoms with Gasteiger partial charge in [-0.3, -0.25) is 9.59 Å². The molecule has 3 rings (SSSR count). The molecule has 8 heteroatoms. The van der Waals surface area contributed by atoms with Crippen molar-refractivity contribution >= 4 is 11.8 Å². The number of imidazole rings is 1. The number of carbonyl (C=O) groups excluding carboxylic acids is 2. The van der Waals surface area contributed by atoms with Crippen molar-refractivity contribution in [1.29, 1.82) is 0 Å². The molecule has 0 aliphatic carbocycles. The van der Waals surface area contributed by atoms with E-state index in [1.54, 1.807) is 42.0 Å². The van der Waals surface area contributed by atoms with Gasteiger partial charge in [0.25, 0.3) is 11.8 Å². The fourth-order valence-electron chi connectivity index (χ4n) is 2.90. The molecule has 0 saturated carbocycles. The molecule has 2 aromatic rings. The number of hydrogen-bond acceptors (Lipinski definition) is 5. The number of likely N-dealkylation sites (N-methyl/N-ethyl adjacent to an activating group) is 1. The lowest BCUT2D eigenvalue weighted by Gasteiger charge is -2.25. The molecule has 1 aliphatic heterocycles. The minimum absolute atomic E-state index is 0.144. The predicted octanol–water partition coefficient (Wildman–Crippen LogP) is 1.31. The summed E-state index contributed by atoms with van der Waals surface area (Å²) in [4.78, 5) is 30.7.